The highest BCUT2D eigenvalue weighted by atomic mass is 16.2. The third-order valence-corrected chi connectivity index (χ3v) is 4.17. The number of hydrogen-bond donors (Lipinski definition) is 1. The highest BCUT2D eigenvalue weighted by Crippen LogP contribution is 2.21. The van der Waals surface area contributed by atoms with Gasteiger partial charge in [0.15, 0.2) is 0 Å². The Kier molecular flexibility index (Phi) is 4.64. The van der Waals surface area contributed by atoms with E-state index in [9.17, 15) is 9.59 Å². The molecule has 126 valence electrons. The van der Waals surface area contributed by atoms with E-state index in [-0.39, 0.29) is 18.4 Å². The van der Waals surface area contributed by atoms with Gasteiger partial charge in [-0.2, -0.15) is 5.10 Å². The van der Waals surface area contributed by atoms with Gasteiger partial charge in [-0.25, -0.2) is 4.68 Å². The van der Waals surface area contributed by atoms with Crippen molar-refractivity contribution in [3.63, 3.8) is 0 Å². The summed E-state index contributed by atoms with van der Waals surface area (Å²) in [5.41, 5.74) is 3.44. The number of rotatable bonds is 4. The maximum Gasteiger partial charge on any atom is 0.244 e. The molecule has 3 rings (SSSR count). The molecular formula is C18H22N4O2. The molecule has 1 aromatic heterocycles. The second-order valence-electron chi connectivity index (χ2n) is 6.18. The number of amides is 2. The second-order valence-corrected chi connectivity index (χ2v) is 6.18. The summed E-state index contributed by atoms with van der Waals surface area (Å²) < 4.78 is 1.82. The van der Waals surface area contributed by atoms with Gasteiger partial charge in [-0.15, -0.1) is 0 Å². The smallest absolute Gasteiger partial charge is 0.244 e. The summed E-state index contributed by atoms with van der Waals surface area (Å²) in [4.78, 5) is 25.8. The first-order valence-electron chi connectivity index (χ1n) is 8.25. The van der Waals surface area contributed by atoms with Crippen molar-refractivity contribution in [1.29, 1.82) is 0 Å². The molecule has 6 nitrogen and oxygen atoms in total. The van der Waals surface area contributed by atoms with Crippen molar-refractivity contribution in [2.45, 2.75) is 33.1 Å². The van der Waals surface area contributed by atoms with Crippen molar-refractivity contribution < 1.29 is 9.59 Å². The fraction of sp³-hybridized carbons (Fsp3) is 0.389. The molecule has 1 saturated heterocycles. The lowest BCUT2D eigenvalue weighted by molar-refractivity contribution is -0.136. The maximum absolute atomic E-state index is 12.4. The number of hydrogen-bond acceptors (Lipinski definition) is 3. The molecule has 2 heterocycles. The van der Waals surface area contributed by atoms with Crippen LogP contribution in [0.25, 0.3) is 5.69 Å². The quantitative estimate of drug-likeness (QED) is 0.938. The molecule has 2 aromatic rings. The summed E-state index contributed by atoms with van der Waals surface area (Å²) in [5, 5.41) is 7.40. The van der Waals surface area contributed by atoms with Crippen LogP contribution in [0.5, 0.6) is 0 Å². The lowest BCUT2D eigenvalue weighted by atomic mass is 10.1. The van der Waals surface area contributed by atoms with Crippen LogP contribution in [0.1, 0.15) is 30.7 Å². The first-order chi connectivity index (χ1) is 11.5. The van der Waals surface area contributed by atoms with Crippen molar-refractivity contribution >= 4 is 17.5 Å². The summed E-state index contributed by atoms with van der Waals surface area (Å²) in [7, 11) is 0. The number of anilines is 1. The summed E-state index contributed by atoms with van der Waals surface area (Å²) in [5.74, 6) is -0.123. The topological polar surface area (TPSA) is 67.2 Å². The van der Waals surface area contributed by atoms with E-state index in [1.165, 1.54) is 0 Å². The van der Waals surface area contributed by atoms with Gasteiger partial charge in [-0.05, 0) is 44.9 Å². The van der Waals surface area contributed by atoms with Gasteiger partial charge in [-0.1, -0.05) is 12.1 Å². The molecule has 24 heavy (non-hydrogen) atoms. The van der Waals surface area contributed by atoms with Crippen LogP contribution in [0.2, 0.25) is 0 Å². The maximum atomic E-state index is 12.4. The normalized spacial score (nSPS) is 14.8. The molecule has 1 N–H and O–H groups in total. The number of piperidine rings is 1. The molecule has 6 heteroatoms. The summed E-state index contributed by atoms with van der Waals surface area (Å²) in [6.45, 7) is 4.67. The number of carbonyl (C=O) groups excluding carboxylic acids is 2. The number of likely N-dealkylation sites (tertiary alicyclic amines) is 1. The number of benzene rings is 1. The molecular weight excluding hydrogens is 304 g/mol. The third kappa shape index (κ3) is 3.48. The van der Waals surface area contributed by atoms with Gasteiger partial charge in [-0.3, -0.25) is 9.59 Å². The van der Waals surface area contributed by atoms with Crippen LogP contribution in [0.15, 0.2) is 30.3 Å². The number of nitrogens with zero attached hydrogens (tertiary/aromatic N) is 3. The number of para-hydroxylation sites is 2. The van der Waals surface area contributed by atoms with Crippen LogP contribution in [0.3, 0.4) is 0 Å². The summed E-state index contributed by atoms with van der Waals surface area (Å²) in [6, 6.07) is 9.54. The average molecular weight is 326 g/mol. The standard InChI is InChI=1S/C18H22N4O2/c1-13-11-14(2)22(20-13)16-8-4-3-7-15(16)19-17(23)12-21-10-6-5-9-18(21)24/h3-4,7-8,11H,5-6,9-10,12H2,1-2H3,(H,19,23). The second kappa shape index (κ2) is 6.86. The minimum absolute atomic E-state index is 0.0585. The fourth-order valence-electron chi connectivity index (χ4n) is 3.03. The van der Waals surface area contributed by atoms with Crippen molar-refractivity contribution in [2.24, 2.45) is 0 Å². The van der Waals surface area contributed by atoms with Crippen LogP contribution in [-0.2, 0) is 9.59 Å². The molecule has 1 fully saturated rings. The number of aromatic nitrogens is 2. The number of aryl methyl sites for hydroxylation is 2. The van der Waals surface area contributed by atoms with Gasteiger partial charge < -0.3 is 10.2 Å². The Labute approximate surface area is 141 Å². The minimum atomic E-state index is -0.181. The van der Waals surface area contributed by atoms with E-state index in [2.05, 4.69) is 10.4 Å². The zero-order valence-corrected chi connectivity index (χ0v) is 14.1. The Balaban J connectivity index is 1.77. The van der Waals surface area contributed by atoms with E-state index >= 15 is 0 Å². The molecule has 0 aliphatic carbocycles. The fourth-order valence-corrected chi connectivity index (χ4v) is 3.03. The highest BCUT2D eigenvalue weighted by Gasteiger charge is 2.21. The van der Waals surface area contributed by atoms with Crippen molar-refractivity contribution in [2.75, 3.05) is 18.4 Å². The minimum Gasteiger partial charge on any atom is -0.333 e. The highest BCUT2D eigenvalue weighted by molar-refractivity contribution is 5.96. The zero-order chi connectivity index (χ0) is 17.1. The van der Waals surface area contributed by atoms with Gasteiger partial charge in [0.25, 0.3) is 0 Å². The van der Waals surface area contributed by atoms with Crippen LogP contribution in [0.4, 0.5) is 5.69 Å². The largest absolute Gasteiger partial charge is 0.333 e. The predicted molar refractivity (Wildman–Crippen MR) is 92.1 cm³/mol. The van der Waals surface area contributed by atoms with Crippen molar-refractivity contribution in [1.82, 2.24) is 14.7 Å². The molecule has 0 atom stereocenters. The average Bonchev–Trinajstić information content (AvgIpc) is 2.88. The van der Waals surface area contributed by atoms with Gasteiger partial charge >= 0.3 is 0 Å². The van der Waals surface area contributed by atoms with E-state index in [1.54, 1.807) is 4.90 Å². The lowest BCUT2D eigenvalue weighted by Crippen LogP contribution is -2.40. The summed E-state index contributed by atoms with van der Waals surface area (Å²) >= 11 is 0. The molecule has 0 saturated carbocycles. The van der Waals surface area contributed by atoms with E-state index in [1.807, 2.05) is 48.9 Å². The Morgan fingerprint density at radius 3 is 2.75 bits per heavy atom. The van der Waals surface area contributed by atoms with E-state index in [0.29, 0.717) is 18.7 Å². The third-order valence-electron chi connectivity index (χ3n) is 4.17. The van der Waals surface area contributed by atoms with E-state index in [0.717, 1.165) is 29.9 Å². The van der Waals surface area contributed by atoms with Crippen LogP contribution >= 0.6 is 0 Å². The monoisotopic (exact) mass is 326 g/mol. The van der Waals surface area contributed by atoms with Gasteiger partial charge in [0.1, 0.15) is 0 Å². The molecule has 0 unspecified atom stereocenters. The van der Waals surface area contributed by atoms with E-state index < -0.39 is 0 Å². The molecule has 0 bridgehead atoms. The Hall–Kier alpha value is -2.63. The SMILES string of the molecule is Cc1cc(C)n(-c2ccccc2NC(=O)CN2CCCCC2=O)n1. The number of carbonyl (C=O) groups is 2. The first-order valence-corrected chi connectivity index (χ1v) is 8.25. The molecule has 0 spiro atoms. The Morgan fingerprint density at radius 1 is 1.25 bits per heavy atom. The van der Waals surface area contributed by atoms with Gasteiger partial charge in [0, 0.05) is 18.7 Å². The number of nitrogens with one attached hydrogen (secondary N) is 1. The zero-order valence-electron chi connectivity index (χ0n) is 14.1. The predicted octanol–water partition coefficient (Wildman–Crippen LogP) is 2.44. The molecule has 1 aromatic carbocycles. The van der Waals surface area contributed by atoms with Crippen LogP contribution < -0.4 is 5.32 Å². The van der Waals surface area contributed by atoms with Crippen molar-refractivity contribution in [3.05, 3.63) is 41.7 Å². The molecule has 0 radical (unpaired) electrons. The van der Waals surface area contributed by atoms with Gasteiger partial charge in [0.2, 0.25) is 11.8 Å². The molecule has 1 aliphatic heterocycles. The Bertz CT molecular complexity index is 766. The van der Waals surface area contributed by atoms with Crippen LogP contribution in [0, 0.1) is 13.8 Å². The van der Waals surface area contributed by atoms with E-state index in [4.69, 9.17) is 0 Å². The first kappa shape index (κ1) is 16.2. The van der Waals surface area contributed by atoms with Crippen LogP contribution in [-0.4, -0.2) is 39.6 Å². The summed E-state index contributed by atoms with van der Waals surface area (Å²) in [6.07, 6.45) is 2.41. The van der Waals surface area contributed by atoms with Crippen molar-refractivity contribution in [3.8, 4) is 5.69 Å². The lowest BCUT2D eigenvalue weighted by Gasteiger charge is -2.26. The molecule has 1 aliphatic rings. The molecule has 2 amide bonds. The Morgan fingerprint density at radius 2 is 2.04 bits per heavy atom. The van der Waals surface area contributed by atoms with Gasteiger partial charge in [0.05, 0.1) is 23.6 Å².